The molecule has 3 rings (SSSR count). The van der Waals surface area contributed by atoms with Crippen molar-refractivity contribution >= 4 is 21.8 Å². The second-order valence-electron chi connectivity index (χ2n) is 3.26. The van der Waals surface area contributed by atoms with Crippen LogP contribution in [-0.4, -0.2) is 14.8 Å². The molecule has 1 N–H and O–H groups in total. The van der Waals surface area contributed by atoms with Crippen LogP contribution in [0.5, 0.6) is 0 Å². The molecule has 0 aliphatic heterocycles. The van der Waals surface area contributed by atoms with Crippen molar-refractivity contribution < 1.29 is 0 Å². The fraction of sp³-hybridized carbons (Fsp3) is 0.100. The molecule has 13 heavy (non-hydrogen) atoms. The Kier molecular flexibility index (Phi) is 1.10. The maximum absolute atomic E-state index is 4.03. The number of benzene rings is 1. The molecule has 0 spiro atoms. The molecule has 0 amide bonds. The zero-order valence-electron chi connectivity index (χ0n) is 7.28. The first kappa shape index (κ1) is 6.71. The molecule has 0 fully saturated rings. The standard InChI is InChI=1S/C10H9N3/c1-13-5-4-7-2-3-9-8(10(7)13)6-11-12-9/h2-6H,1H3,(H,11,12). The van der Waals surface area contributed by atoms with Gasteiger partial charge in [0.2, 0.25) is 0 Å². The van der Waals surface area contributed by atoms with Crippen LogP contribution in [0.25, 0.3) is 21.8 Å². The highest BCUT2D eigenvalue weighted by Crippen LogP contribution is 2.23. The first-order valence-electron chi connectivity index (χ1n) is 4.23. The van der Waals surface area contributed by atoms with Crippen molar-refractivity contribution in [2.75, 3.05) is 0 Å². The Morgan fingerprint density at radius 3 is 3.15 bits per heavy atom. The molecule has 1 aromatic carbocycles. The van der Waals surface area contributed by atoms with Gasteiger partial charge < -0.3 is 4.57 Å². The zero-order valence-corrected chi connectivity index (χ0v) is 7.28. The van der Waals surface area contributed by atoms with Gasteiger partial charge in [0.1, 0.15) is 0 Å². The Bertz CT molecular complexity index is 574. The average molecular weight is 171 g/mol. The topological polar surface area (TPSA) is 33.6 Å². The molecule has 2 aromatic heterocycles. The fourth-order valence-corrected chi connectivity index (χ4v) is 1.81. The molecule has 3 aromatic rings. The van der Waals surface area contributed by atoms with Crippen LogP contribution in [0.2, 0.25) is 0 Å². The summed E-state index contributed by atoms with van der Waals surface area (Å²) >= 11 is 0. The first-order valence-corrected chi connectivity index (χ1v) is 4.23. The number of aryl methyl sites for hydroxylation is 1. The van der Waals surface area contributed by atoms with Crippen LogP contribution in [0.4, 0.5) is 0 Å². The molecule has 0 aliphatic carbocycles. The molecule has 2 heterocycles. The van der Waals surface area contributed by atoms with Gasteiger partial charge in [-0.1, -0.05) is 6.07 Å². The van der Waals surface area contributed by atoms with Gasteiger partial charge in [-0.2, -0.15) is 5.10 Å². The minimum absolute atomic E-state index is 1.09. The highest BCUT2D eigenvalue weighted by atomic mass is 15.1. The van der Waals surface area contributed by atoms with Crippen LogP contribution in [0.3, 0.4) is 0 Å². The van der Waals surface area contributed by atoms with E-state index in [-0.39, 0.29) is 0 Å². The van der Waals surface area contributed by atoms with Crippen molar-refractivity contribution in [2.45, 2.75) is 0 Å². The lowest BCUT2D eigenvalue weighted by Crippen LogP contribution is -1.83. The number of fused-ring (bicyclic) bond motifs is 3. The van der Waals surface area contributed by atoms with Crippen molar-refractivity contribution in [1.82, 2.24) is 14.8 Å². The van der Waals surface area contributed by atoms with Gasteiger partial charge in [0, 0.05) is 24.0 Å². The van der Waals surface area contributed by atoms with Gasteiger partial charge in [0.05, 0.1) is 17.2 Å². The van der Waals surface area contributed by atoms with Crippen LogP contribution in [0.1, 0.15) is 0 Å². The van der Waals surface area contributed by atoms with Crippen LogP contribution in [-0.2, 0) is 7.05 Å². The highest BCUT2D eigenvalue weighted by molar-refractivity contribution is 6.04. The van der Waals surface area contributed by atoms with Gasteiger partial charge in [0.15, 0.2) is 0 Å². The Labute approximate surface area is 75.0 Å². The molecule has 0 radical (unpaired) electrons. The molecule has 3 heteroatoms. The van der Waals surface area contributed by atoms with E-state index in [4.69, 9.17) is 0 Å². The number of nitrogens with zero attached hydrogens (tertiary/aromatic N) is 2. The molecule has 0 saturated carbocycles. The predicted molar refractivity (Wildman–Crippen MR) is 52.6 cm³/mol. The van der Waals surface area contributed by atoms with Crippen LogP contribution in [0, 0.1) is 0 Å². The molecular weight excluding hydrogens is 162 g/mol. The summed E-state index contributed by atoms with van der Waals surface area (Å²) in [5.41, 5.74) is 2.33. The molecule has 3 nitrogen and oxygen atoms in total. The van der Waals surface area contributed by atoms with Crippen molar-refractivity contribution in [3.05, 3.63) is 30.6 Å². The van der Waals surface area contributed by atoms with Gasteiger partial charge >= 0.3 is 0 Å². The van der Waals surface area contributed by atoms with Gasteiger partial charge in [-0.25, -0.2) is 0 Å². The zero-order chi connectivity index (χ0) is 8.84. The minimum atomic E-state index is 1.09. The van der Waals surface area contributed by atoms with E-state index in [2.05, 4.69) is 46.2 Å². The largest absolute Gasteiger partial charge is 0.350 e. The monoisotopic (exact) mass is 171 g/mol. The third-order valence-corrected chi connectivity index (χ3v) is 2.46. The second-order valence-corrected chi connectivity index (χ2v) is 3.26. The molecule has 0 saturated heterocycles. The summed E-state index contributed by atoms with van der Waals surface area (Å²) < 4.78 is 2.12. The van der Waals surface area contributed by atoms with E-state index in [0.29, 0.717) is 0 Å². The highest BCUT2D eigenvalue weighted by Gasteiger charge is 2.03. The SMILES string of the molecule is Cn1ccc2ccc3[nH]ncc3c21. The van der Waals surface area contributed by atoms with E-state index in [1.807, 2.05) is 6.20 Å². The van der Waals surface area contributed by atoms with Crippen molar-refractivity contribution in [1.29, 1.82) is 0 Å². The lowest BCUT2D eigenvalue weighted by atomic mass is 10.2. The van der Waals surface area contributed by atoms with Gasteiger partial charge in [-0.15, -0.1) is 0 Å². The van der Waals surface area contributed by atoms with Crippen LogP contribution < -0.4 is 0 Å². The number of aromatic nitrogens is 3. The Balaban J connectivity index is 2.70. The number of rotatable bonds is 0. The van der Waals surface area contributed by atoms with E-state index < -0.39 is 0 Å². The summed E-state index contributed by atoms with van der Waals surface area (Å²) in [6.45, 7) is 0. The molecule has 64 valence electrons. The molecule has 0 bridgehead atoms. The molecule has 0 unspecified atom stereocenters. The first-order chi connectivity index (χ1) is 6.36. The maximum Gasteiger partial charge on any atom is 0.0671 e. The van der Waals surface area contributed by atoms with E-state index >= 15 is 0 Å². The average Bonchev–Trinajstić information content (AvgIpc) is 2.70. The van der Waals surface area contributed by atoms with Gasteiger partial charge in [-0.05, 0) is 12.1 Å². The normalized spacial score (nSPS) is 11.5. The third kappa shape index (κ3) is 0.758. The van der Waals surface area contributed by atoms with Gasteiger partial charge in [-0.3, -0.25) is 5.10 Å². The van der Waals surface area contributed by atoms with Crippen LogP contribution >= 0.6 is 0 Å². The number of aromatic amines is 1. The predicted octanol–water partition coefficient (Wildman–Crippen LogP) is 2.05. The Morgan fingerprint density at radius 1 is 1.31 bits per heavy atom. The van der Waals surface area contributed by atoms with E-state index in [1.54, 1.807) is 0 Å². The van der Waals surface area contributed by atoms with E-state index in [1.165, 1.54) is 16.3 Å². The summed E-state index contributed by atoms with van der Waals surface area (Å²) in [6.07, 6.45) is 3.94. The smallest absolute Gasteiger partial charge is 0.0671 e. The molecular formula is C10H9N3. The van der Waals surface area contributed by atoms with E-state index in [9.17, 15) is 0 Å². The van der Waals surface area contributed by atoms with Crippen molar-refractivity contribution in [2.24, 2.45) is 7.05 Å². The number of nitrogens with one attached hydrogen (secondary N) is 1. The van der Waals surface area contributed by atoms with E-state index in [0.717, 1.165) is 5.52 Å². The molecule has 0 aliphatic rings. The summed E-state index contributed by atoms with van der Waals surface area (Å²) in [5, 5.41) is 9.44. The summed E-state index contributed by atoms with van der Waals surface area (Å²) in [4.78, 5) is 0. The second kappa shape index (κ2) is 2.13. The summed E-state index contributed by atoms with van der Waals surface area (Å²) in [5.74, 6) is 0. The number of hydrogen-bond donors (Lipinski definition) is 1. The lowest BCUT2D eigenvalue weighted by Gasteiger charge is -1.96. The lowest BCUT2D eigenvalue weighted by molar-refractivity contribution is 0.973. The summed E-state index contributed by atoms with van der Waals surface area (Å²) in [7, 11) is 2.05. The van der Waals surface area contributed by atoms with Gasteiger partial charge in [0.25, 0.3) is 0 Å². The number of hydrogen-bond acceptors (Lipinski definition) is 1. The van der Waals surface area contributed by atoms with Crippen molar-refractivity contribution in [3.8, 4) is 0 Å². The quantitative estimate of drug-likeness (QED) is 0.551. The van der Waals surface area contributed by atoms with Crippen molar-refractivity contribution in [3.63, 3.8) is 0 Å². The minimum Gasteiger partial charge on any atom is -0.350 e. The molecule has 0 atom stereocenters. The maximum atomic E-state index is 4.03. The Hall–Kier alpha value is -1.77. The number of H-pyrrole nitrogens is 1. The summed E-state index contributed by atoms with van der Waals surface area (Å²) in [6, 6.07) is 6.28. The third-order valence-electron chi connectivity index (χ3n) is 2.46. The van der Waals surface area contributed by atoms with Crippen LogP contribution in [0.15, 0.2) is 30.6 Å². The fourth-order valence-electron chi connectivity index (χ4n) is 1.81. The Morgan fingerprint density at radius 2 is 2.23 bits per heavy atom.